The molecule has 2 aliphatic rings. The first-order valence-corrected chi connectivity index (χ1v) is 17.2. The standard InChI is InChI=1S/C29H38Cl2N4O10S/c1-5-35(6-2,7-3)22(32-29(41)45-14-18-11-12-20(30)13-21(18)31)9-8-10-23(37)33-24-26(38)34-25(28(39)40)19(15-44-17(4)36)16-46(42,43)27(24)34/h11-13,22,24,27H,5-10,14-16H2,1-4H3,(H2-,32,33,37,39,40,41)/p+1/t22?,24-,27+/m1/s1. The van der Waals surface area contributed by atoms with E-state index in [4.69, 9.17) is 32.7 Å². The molecular formula is C29H39Cl2N4O10S+. The summed E-state index contributed by atoms with van der Waals surface area (Å²) >= 11 is 12.1. The van der Waals surface area contributed by atoms with E-state index in [0.717, 1.165) is 6.92 Å². The van der Waals surface area contributed by atoms with Gasteiger partial charge in [0.1, 0.15) is 25.0 Å². The van der Waals surface area contributed by atoms with Crippen molar-refractivity contribution in [2.24, 2.45) is 0 Å². The molecule has 3 atom stereocenters. The zero-order valence-corrected chi connectivity index (χ0v) is 28.3. The maximum atomic E-state index is 13.0. The molecule has 3 rings (SSSR count). The van der Waals surface area contributed by atoms with Gasteiger partial charge in [-0.15, -0.1) is 0 Å². The predicted octanol–water partition coefficient (Wildman–Crippen LogP) is 2.58. The van der Waals surface area contributed by atoms with Crippen LogP contribution >= 0.6 is 23.2 Å². The van der Waals surface area contributed by atoms with Crippen LogP contribution in [0.25, 0.3) is 0 Å². The molecule has 0 spiro atoms. The Morgan fingerprint density at radius 2 is 1.74 bits per heavy atom. The fourth-order valence-electron chi connectivity index (χ4n) is 5.80. The second-order valence-corrected chi connectivity index (χ2v) is 14.0. The molecule has 1 aromatic rings. The Hall–Kier alpha value is -3.40. The van der Waals surface area contributed by atoms with Crippen molar-refractivity contribution in [3.63, 3.8) is 0 Å². The van der Waals surface area contributed by atoms with E-state index in [1.54, 1.807) is 18.2 Å². The largest absolute Gasteiger partial charge is 0.477 e. The number of nitrogens with one attached hydrogen (secondary N) is 2. The van der Waals surface area contributed by atoms with Crippen molar-refractivity contribution in [1.82, 2.24) is 15.5 Å². The number of ether oxygens (including phenoxy) is 2. The summed E-state index contributed by atoms with van der Waals surface area (Å²) in [6, 6.07) is 3.37. The summed E-state index contributed by atoms with van der Waals surface area (Å²) in [6.07, 6.45) is -0.567. The lowest BCUT2D eigenvalue weighted by atomic mass is 10.0. The molecule has 3 amide bonds. The summed E-state index contributed by atoms with van der Waals surface area (Å²) in [5.41, 5.74) is -0.245. The minimum absolute atomic E-state index is 0.0815. The average molecular weight is 707 g/mol. The predicted molar refractivity (Wildman–Crippen MR) is 167 cm³/mol. The summed E-state index contributed by atoms with van der Waals surface area (Å²) < 4.78 is 36.7. The molecule has 0 aliphatic carbocycles. The molecule has 3 N–H and O–H groups in total. The van der Waals surface area contributed by atoms with Gasteiger partial charge in [0.15, 0.2) is 21.4 Å². The molecular weight excluding hydrogens is 667 g/mol. The minimum Gasteiger partial charge on any atom is -0.477 e. The molecule has 0 radical (unpaired) electrons. The molecule has 0 saturated carbocycles. The molecule has 0 bridgehead atoms. The lowest BCUT2D eigenvalue weighted by Gasteiger charge is -2.49. The molecule has 2 heterocycles. The van der Waals surface area contributed by atoms with Crippen molar-refractivity contribution in [3.05, 3.63) is 45.1 Å². The molecule has 17 heteroatoms. The second-order valence-electron chi connectivity index (χ2n) is 11.0. The van der Waals surface area contributed by atoms with Crippen LogP contribution in [-0.2, 0) is 45.1 Å². The first-order chi connectivity index (χ1) is 21.6. The highest BCUT2D eigenvalue weighted by molar-refractivity contribution is 7.92. The van der Waals surface area contributed by atoms with Gasteiger partial charge in [0.2, 0.25) is 5.91 Å². The Balaban J connectivity index is 1.65. The van der Waals surface area contributed by atoms with Gasteiger partial charge in [-0.2, -0.15) is 0 Å². The van der Waals surface area contributed by atoms with Gasteiger partial charge in [0.25, 0.3) is 5.91 Å². The Morgan fingerprint density at radius 3 is 2.30 bits per heavy atom. The number of aliphatic carboxylic acids is 1. The van der Waals surface area contributed by atoms with E-state index in [-0.39, 0.29) is 25.0 Å². The number of carbonyl (C=O) groups excluding carboxylic acids is 4. The highest BCUT2D eigenvalue weighted by Crippen LogP contribution is 2.37. The number of esters is 1. The molecule has 1 unspecified atom stereocenters. The summed E-state index contributed by atoms with van der Waals surface area (Å²) in [6.45, 7) is 8.40. The van der Waals surface area contributed by atoms with Crippen LogP contribution in [0.4, 0.5) is 4.79 Å². The van der Waals surface area contributed by atoms with E-state index < -0.39 is 75.3 Å². The fourth-order valence-corrected chi connectivity index (χ4v) is 8.27. The molecule has 1 aromatic carbocycles. The Morgan fingerprint density at radius 1 is 1.09 bits per heavy atom. The van der Waals surface area contributed by atoms with Crippen molar-refractivity contribution in [2.75, 3.05) is 32.0 Å². The number of halogens is 2. The maximum absolute atomic E-state index is 13.0. The fraction of sp³-hybridized carbons (Fsp3) is 0.552. The van der Waals surface area contributed by atoms with E-state index >= 15 is 0 Å². The van der Waals surface area contributed by atoms with Crippen LogP contribution in [-0.4, -0.2) is 102 Å². The van der Waals surface area contributed by atoms with Crippen LogP contribution in [0.1, 0.15) is 52.5 Å². The molecule has 46 heavy (non-hydrogen) atoms. The minimum atomic E-state index is -4.12. The third-order valence-electron chi connectivity index (χ3n) is 8.42. The van der Waals surface area contributed by atoms with Crippen LogP contribution in [0.15, 0.2) is 29.5 Å². The van der Waals surface area contributed by atoms with Gasteiger partial charge in [-0.3, -0.25) is 24.6 Å². The SMILES string of the molecule is CC[N+](CC)(CC)C(CCCC(=O)N[C@@H]1C(=O)N2C(C(=O)O)=C(COC(C)=O)CS(=O)(=O)[C@@H]12)NC(=O)OCc1ccc(Cl)cc1Cl. The van der Waals surface area contributed by atoms with Crippen LogP contribution < -0.4 is 10.6 Å². The lowest BCUT2D eigenvalue weighted by molar-refractivity contribution is -0.949. The van der Waals surface area contributed by atoms with Gasteiger partial charge in [0, 0.05) is 40.9 Å². The molecule has 14 nitrogen and oxygen atoms in total. The molecule has 254 valence electrons. The first-order valence-electron chi connectivity index (χ1n) is 14.8. The van der Waals surface area contributed by atoms with Crippen LogP contribution in [0, 0.1) is 0 Å². The Labute approximate surface area is 277 Å². The Kier molecular flexibility index (Phi) is 12.5. The first kappa shape index (κ1) is 37.1. The summed E-state index contributed by atoms with van der Waals surface area (Å²) in [4.78, 5) is 62.4. The number of nitrogens with zero attached hydrogens (tertiary/aromatic N) is 2. The molecule has 1 saturated heterocycles. The number of β-lactam (4-membered cyclic amide) rings is 1. The van der Waals surface area contributed by atoms with Crippen molar-refractivity contribution in [2.45, 2.75) is 71.1 Å². The number of fused-ring (bicyclic) bond motifs is 1. The molecule has 2 aliphatic heterocycles. The number of benzene rings is 1. The molecule has 1 fully saturated rings. The normalized spacial score (nSPS) is 19.4. The number of hydrogen-bond acceptors (Lipinski definition) is 9. The van der Waals surface area contributed by atoms with Gasteiger partial charge in [0.05, 0.1) is 25.4 Å². The van der Waals surface area contributed by atoms with E-state index in [1.807, 2.05) is 20.8 Å². The number of carboxylic acids is 1. The lowest BCUT2D eigenvalue weighted by Crippen LogP contribution is -2.74. The average Bonchev–Trinajstić information content (AvgIpc) is 2.98. The highest BCUT2D eigenvalue weighted by Gasteiger charge is 2.60. The van der Waals surface area contributed by atoms with Gasteiger partial charge in [-0.25, -0.2) is 18.0 Å². The number of rotatable bonds is 15. The topological polar surface area (TPSA) is 185 Å². The zero-order chi connectivity index (χ0) is 34.4. The number of hydrogen-bond donors (Lipinski definition) is 3. The van der Waals surface area contributed by atoms with Crippen LogP contribution in [0.5, 0.6) is 0 Å². The number of amides is 3. The second kappa shape index (κ2) is 15.5. The number of alkyl carbamates (subject to hydrolysis) is 1. The van der Waals surface area contributed by atoms with Crippen molar-refractivity contribution in [1.29, 1.82) is 0 Å². The van der Waals surface area contributed by atoms with Gasteiger partial charge in [-0.1, -0.05) is 29.3 Å². The van der Waals surface area contributed by atoms with Gasteiger partial charge in [-0.05, 0) is 39.3 Å². The van der Waals surface area contributed by atoms with Crippen molar-refractivity contribution >= 4 is 62.9 Å². The van der Waals surface area contributed by atoms with Crippen LogP contribution in [0.3, 0.4) is 0 Å². The summed E-state index contributed by atoms with van der Waals surface area (Å²) in [5, 5.41) is 14.3. The van der Waals surface area contributed by atoms with E-state index in [2.05, 4.69) is 10.6 Å². The van der Waals surface area contributed by atoms with E-state index in [0.29, 0.717) is 51.0 Å². The zero-order valence-electron chi connectivity index (χ0n) is 26.0. The third kappa shape index (κ3) is 8.30. The summed E-state index contributed by atoms with van der Waals surface area (Å²) in [5.74, 6) is -4.57. The van der Waals surface area contributed by atoms with Crippen molar-refractivity contribution in [3.8, 4) is 0 Å². The van der Waals surface area contributed by atoms with E-state index in [9.17, 15) is 37.5 Å². The number of sulfone groups is 1. The maximum Gasteiger partial charge on any atom is 0.411 e. The third-order valence-corrected chi connectivity index (χ3v) is 11.0. The summed E-state index contributed by atoms with van der Waals surface area (Å²) in [7, 11) is -4.12. The van der Waals surface area contributed by atoms with Gasteiger partial charge >= 0.3 is 18.0 Å². The number of carboxylic acid groups (broad SMARTS) is 1. The number of quaternary nitrogens is 1. The molecule has 0 aromatic heterocycles. The highest BCUT2D eigenvalue weighted by atomic mass is 35.5. The van der Waals surface area contributed by atoms with Crippen LogP contribution in [0.2, 0.25) is 10.0 Å². The van der Waals surface area contributed by atoms with E-state index in [1.165, 1.54) is 0 Å². The quantitative estimate of drug-likeness (QED) is 0.106. The smallest absolute Gasteiger partial charge is 0.411 e. The monoisotopic (exact) mass is 705 g/mol. The van der Waals surface area contributed by atoms with Gasteiger partial charge < -0.3 is 24.4 Å². The van der Waals surface area contributed by atoms with Crippen molar-refractivity contribution < 1.29 is 51.5 Å². The Bertz CT molecular complexity index is 1500. The number of carbonyl (C=O) groups is 5.